The zero-order valence-electron chi connectivity index (χ0n) is 17.6. The quantitative estimate of drug-likeness (QED) is 0.689. The first-order valence-electron chi connectivity index (χ1n) is 10.3. The Bertz CT molecular complexity index is 1170. The second-order valence-electron chi connectivity index (χ2n) is 7.96. The van der Waals surface area contributed by atoms with Gasteiger partial charge >= 0.3 is 0 Å². The van der Waals surface area contributed by atoms with Crippen molar-refractivity contribution < 1.29 is 22.7 Å². The van der Waals surface area contributed by atoms with Crippen molar-refractivity contribution in [3.8, 4) is 5.75 Å². The molecule has 1 saturated heterocycles. The molecule has 0 saturated carbocycles. The summed E-state index contributed by atoms with van der Waals surface area (Å²) in [5, 5.41) is 6.12. The molecule has 2 aliphatic heterocycles. The number of aryl methyl sites for hydroxylation is 1. The molecule has 2 aliphatic rings. The van der Waals surface area contributed by atoms with Gasteiger partial charge in [0.15, 0.2) is 6.61 Å². The van der Waals surface area contributed by atoms with E-state index in [-0.39, 0.29) is 36.4 Å². The molecule has 2 aromatic rings. The molecule has 4 rings (SSSR count). The Kier molecular flexibility index (Phi) is 6.41. The fraction of sp³-hybridized carbons (Fsp3) is 0.364. The summed E-state index contributed by atoms with van der Waals surface area (Å²) in [5.41, 5.74) is 1.76. The van der Waals surface area contributed by atoms with Gasteiger partial charge in [-0.05, 0) is 43.0 Å². The Labute approximate surface area is 191 Å². The van der Waals surface area contributed by atoms with Crippen molar-refractivity contribution in [2.75, 3.05) is 25.0 Å². The van der Waals surface area contributed by atoms with Gasteiger partial charge in [-0.15, -0.1) is 0 Å². The zero-order chi connectivity index (χ0) is 22.9. The van der Waals surface area contributed by atoms with Crippen LogP contribution in [0, 0.1) is 12.8 Å². The first-order valence-corrected chi connectivity index (χ1v) is 12.2. The summed E-state index contributed by atoms with van der Waals surface area (Å²) in [6.07, 6.45) is 1.19. The fourth-order valence-electron chi connectivity index (χ4n) is 3.98. The van der Waals surface area contributed by atoms with E-state index in [0.717, 1.165) is 5.56 Å². The van der Waals surface area contributed by atoms with E-state index in [1.54, 1.807) is 19.1 Å². The van der Waals surface area contributed by atoms with Crippen molar-refractivity contribution in [2.45, 2.75) is 31.2 Å². The number of ether oxygens (including phenoxy) is 1. The van der Waals surface area contributed by atoms with Gasteiger partial charge in [0.1, 0.15) is 5.75 Å². The number of amides is 2. The van der Waals surface area contributed by atoms with Crippen LogP contribution in [0.4, 0.5) is 5.69 Å². The standard InChI is InChI=1S/C22H24ClN3O5S/c1-14-9-18-19(31-13-21(27)25-18)10-20(14)32(29,30)26-8-4-6-16(12-26)22(28)24-11-15-5-2-3-7-17(15)23/h2-3,5,7,9-10,16H,4,6,8,11-13H2,1H3,(H,24,28)(H,25,27)/t16-/m1/s1. The molecule has 10 heteroatoms. The van der Waals surface area contributed by atoms with Crippen molar-refractivity contribution in [1.82, 2.24) is 9.62 Å². The molecule has 1 fully saturated rings. The molecule has 1 atom stereocenters. The SMILES string of the molecule is Cc1cc2c(cc1S(=O)(=O)N1CCC[C@@H](C(=O)NCc3ccccc3Cl)C1)OCC(=O)N2. The van der Waals surface area contributed by atoms with Crippen LogP contribution in [0.15, 0.2) is 41.3 Å². The van der Waals surface area contributed by atoms with Gasteiger partial charge in [-0.3, -0.25) is 9.59 Å². The number of halogens is 1. The van der Waals surface area contributed by atoms with Crippen LogP contribution in [0.5, 0.6) is 5.75 Å². The third-order valence-electron chi connectivity index (χ3n) is 5.69. The zero-order valence-corrected chi connectivity index (χ0v) is 19.1. The van der Waals surface area contributed by atoms with E-state index in [1.165, 1.54) is 10.4 Å². The third-order valence-corrected chi connectivity index (χ3v) is 8.07. The number of fused-ring (bicyclic) bond motifs is 1. The average Bonchev–Trinajstić information content (AvgIpc) is 2.77. The Hall–Kier alpha value is -2.62. The molecule has 2 heterocycles. The summed E-state index contributed by atoms with van der Waals surface area (Å²) in [5.74, 6) is -0.610. The summed E-state index contributed by atoms with van der Waals surface area (Å²) in [6.45, 7) is 2.24. The van der Waals surface area contributed by atoms with Crippen LogP contribution in [-0.4, -0.2) is 44.2 Å². The lowest BCUT2D eigenvalue weighted by Crippen LogP contribution is -2.45. The maximum Gasteiger partial charge on any atom is 0.262 e. The summed E-state index contributed by atoms with van der Waals surface area (Å²) < 4.78 is 33.5. The van der Waals surface area contributed by atoms with Crippen LogP contribution < -0.4 is 15.4 Å². The smallest absolute Gasteiger partial charge is 0.262 e. The predicted molar refractivity (Wildman–Crippen MR) is 120 cm³/mol. The highest BCUT2D eigenvalue weighted by Crippen LogP contribution is 2.35. The number of benzene rings is 2. The lowest BCUT2D eigenvalue weighted by Gasteiger charge is -2.32. The summed E-state index contributed by atoms with van der Waals surface area (Å²) in [6, 6.07) is 10.3. The molecule has 0 aromatic heterocycles. The number of hydrogen-bond donors (Lipinski definition) is 2. The Morgan fingerprint density at radius 3 is 2.88 bits per heavy atom. The molecule has 0 unspecified atom stereocenters. The first kappa shape index (κ1) is 22.6. The van der Waals surface area contributed by atoms with Gasteiger partial charge in [0.05, 0.1) is 16.5 Å². The van der Waals surface area contributed by atoms with Crippen LogP contribution in [0.2, 0.25) is 5.02 Å². The molecule has 0 bridgehead atoms. The molecule has 2 aromatic carbocycles. The number of hydrogen-bond acceptors (Lipinski definition) is 5. The topological polar surface area (TPSA) is 105 Å². The van der Waals surface area contributed by atoms with Crippen LogP contribution in [0.3, 0.4) is 0 Å². The van der Waals surface area contributed by atoms with Crippen LogP contribution in [0.25, 0.3) is 0 Å². The van der Waals surface area contributed by atoms with Crippen molar-refractivity contribution in [3.05, 3.63) is 52.5 Å². The molecule has 0 spiro atoms. The highest BCUT2D eigenvalue weighted by molar-refractivity contribution is 7.89. The second kappa shape index (κ2) is 9.09. The molecule has 2 amide bonds. The van der Waals surface area contributed by atoms with E-state index in [9.17, 15) is 18.0 Å². The summed E-state index contributed by atoms with van der Waals surface area (Å²) >= 11 is 6.15. The number of nitrogens with one attached hydrogen (secondary N) is 2. The molecule has 32 heavy (non-hydrogen) atoms. The van der Waals surface area contributed by atoms with Crippen LogP contribution in [0.1, 0.15) is 24.0 Å². The Morgan fingerprint density at radius 2 is 2.09 bits per heavy atom. The van der Waals surface area contributed by atoms with Crippen molar-refractivity contribution >= 4 is 39.1 Å². The summed E-state index contributed by atoms with van der Waals surface area (Å²) in [4.78, 5) is 24.4. The van der Waals surface area contributed by atoms with E-state index >= 15 is 0 Å². The van der Waals surface area contributed by atoms with Crippen LogP contribution >= 0.6 is 11.6 Å². The van der Waals surface area contributed by atoms with E-state index < -0.39 is 15.9 Å². The molecular formula is C22H24ClN3O5S. The Balaban J connectivity index is 1.48. The van der Waals surface area contributed by atoms with Gasteiger partial charge in [-0.1, -0.05) is 29.8 Å². The lowest BCUT2D eigenvalue weighted by molar-refractivity contribution is -0.126. The minimum atomic E-state index is -3.84. The maximum absolute atomic E-state index is 13.4. The van der Waals surface area contributed by atoms with E-state index in [2.05, 4.69) is 10.6 Å². The number of carbonyl (C=O) groups excluding carboxylic acids is 2. The van der Waals surface area contributed by atoms with E-state index in [0.29, 0.717) is 41.4 Å². The molecule has 170 valence electrons. The number of anilines is 1. The largest absolute Gasteiger partial charge is 0.482 e. The van der Waals surface area contributed by atoms with Gasteiger partial charge in [0.2, 0.25) is 15.9 Å². The third kappa shape index (κ3) is 4.60. The van der Waals surface area contributed by atoms with Gasteiger partial charge in [-0.25, -0.2) is 8.42 Å². The van der Waals surface area contributed by atoms with E-state index in [1.807, 2.05) is 18.2 Å². The number of sulfonamides is 1. The monoisotopic (exact) mass is 477 g/mol. The van der Waals surface area contributed by atoms with Crippen LogP contribution in [-0.2, 0) is 26.2 Å². The van der Waals surface area contributed by atoms with Gasteiger partial charge in [0.25, 0.3) is 5.91 Å². The van der Waals surface area contributed by atoms with Crippen molar-refractivity contribution in [3.63, 3.8) is 0 Å². The van der Waals surface area contributed by atoms with Gasteiger partial charge in [-0.2, -0.15) is 4.31 Å². The number of nitrogens with zero attached hydrogens (tertiary/aromatic N) is 1. The van der Waals surface area contributed by atoms with Gasteiger partial charge < -0.3 is 15.4 Å². The van der Waals surface area contributed by atoms with Crippen molar-refractivity contribution in [1.29, 1.82) is 0 Å². The minimum Gasteiger partial charge on any atom is -0.482 e. The average molecular weight is 478 g/mol. The fourth-order valence-corrected chi connectivity index (χ4v) is 5.92. The number of piperidine rings is 1. The maximum atomic E-state index is 13.4. The lowest BCUT2D eigenvalue weighted by atomic mass is 9.99. The molecule has 2 N–H and O–H groups in total. The molecular weight excluding hydrogens is 454 g/mol. The molecule has 0 radical (unpaired) electrons. The van der Waals surface area contributed by atoms with Gasteiger partial charge in [0, 0.05) is 30.7 Å². The molecule has 8 nitrogen and oxygen atoms in total. The second-order valence-corrected chi connectivity index (χ2v) is 10.3. The summed E-state index contributed by atoms with van der Waals surface area (Å²) in [7, 11) is -3.84. The van der Waals surface area contributed by atoms with Crippen molar-refractivity contribution in [2.24, 2.45) is 5.92 Å². The predicted octanol–water partition coefficient (Wildman–Crippen LogP) is 2.70. The first-order chi connectivity index (χ1) is 15.3. The molecule has 0 aliphatic carbocycles. The number of rotatable bonds is 5. The Morgan fingerprint density at radius 1 is 1.31 bits per heavy atom. The highest BCUT2D eigenvalue weighted by atomic mass is 35.5. The van der Waals surface area contributed by atoms with E-state index in [4.69, 9.17) is 16.3 Å². The highest BCUT2D eigenvalue weighted by Gasteiger charge is 2.35. The number of carbonyl (C=O) groups is 2. The minimum absolute atomic E-state index is 0.102. The normalized spacial score (nSPS) is 18.9.